The molecule has 3 aromatic carbocycles. The third kappa shape index (κ3) is 5.50. The van der Waals surface area contributed by atoms with Crippen molar-refractivity contribution in [3.8, 4) is 0 Å². The summed E-state index contributed by atoms with van der Waals surface area (Å²) in [5, 5.41) is 3.59. The van der Waals surface area contributed by atoms with E-state index in [1.54, 1.807) is 24.3 Å². The molecule has 0 heterocycles. The molecule has 0 saturated carbocycles. The van der Waals surface area contributed by atoms with Crippen LogP contribution in [0, 0.1) is 5.82 Å². The molecule has 0 atom stereocenters. The van der Waals surface area contributed by atoms with E-state index in [2.05, 4.69) is 10.0 Å². The molecular formula is C20H14Cl3FN2O3S. The number of sulfonamides is 1. The molecule has 30 heavy (non-hydrogen) atoms. The Labute approximate surface area is 187 Å². The van der Waals surface area contributed by atoms with E-state index >= 15 is 0 Å². The zero-order chi connectivity index (χ0) is 21.9. The van der Waals surface area contributed by atoms with Crippen molar-refractivity contribution >= 4 is 56.4 Å². The lowest BCUT2D eigenvalue weighted by Gasteiger charge is -2.11. The number of carbonyl (C=O) groups excluding carboxylic acids is 1. The van der Waals surface area contributed by atoms with Crippen molar-refractivity contribution in [1.29, 1.82) is 0 Å². The summed E-state index contributed by atoms with van der Waals surface area (Å²) < 4.78 is 41.7. The normalized spacial score (nSPS) is 11.3. The highest BCUT2D eigenvalue weighted by molar-refractivity contribution is 7.89. The molecule has 0 unspecified atom stereocenters. The number of rotatable bonds is 6. The Morgan fingerprint density at radius 1 is 0.933 bits per heavy atom. The highest BCUT2D eigenvalue weighted by atomic mass is 35.5. The Bertz CT molecular complexity index is 1220. The van der Waals surface area contributed by atoms with E-state index in [0.717, 1.165) is 12.1 Å². The molecule has 2 N–H and O–H groups in total. The molecule has 3 aromatic rings. The van der Waals surface area contributed by atoms with Crippen molar-refractivity contribution in [2.75, 3.05) is 5.32 Å². The van der Waals surface area contributed by atoms with Gasteiger partial charge in [-0.15, -0.1) is 0 Å². The number of hydrogen-bond donors (Lipinski definition) is 2. The molecule has 0 aromatic heterocycles. The van der Waals surface area contributed by atoms with E-state index < -0.39 is 26.6 Å². The first kappa shape index (κ1) is 22.5. The summed E-state index contributed by atoms with van der Waals surface area (Å²) in [7, 11) is -4.25. The van der Waals surface area contributed by atoms with Crippen molar-refractivity contribution < 1.29 is 17.6 Å². The molecule has 0 bridgehead atoms. The molecule has 1 amide bonds. The lowest BCUT2D eigenvalue weighted by molar-refractivity contribution is 0.102. The maximum absolute atomic E-state index is 14.2. The summed E-state index contributed by atoms with van der Waals surface area (Å²) in [6.45, 7) is -0.141. The van der Waals surface area contributed by atoms with Gasteiger partial charge in [-0.1, -0.05) is 46.9 Å². The number of nitrogens with one attached hydrogen (secondary N) is 2. The van der Waals surface area contributed by atoms with Crippen LogP contribution in [0.1, 0.15) is 15.9 Å². The van der Waals surface area contributed by atoms with Crippen LogP contribution in [0.3, 0.4) is 0 Å². The third-order valence-electron chi connectivity index (χ3n) is 4.02. The number of hydrogen-bond acceptors (Lipinski definition) is 3. The first-order chi connectivity index (χ1) is 14.2. The van der Waals surface area contributed by atoms with E-state index in [9.17, 15) is 17.6 Å². The summed E-state index contributed by atoms with van der Waals surface area (Å²) in [5.41, 5.74) is 0.911. The van der Waals surface area contributed by atoms with Gasteiger partial charge in [0.1, 0.15) is 10.7 Å². The Morgan fingerprint density at radius 3 is 2.40 bits per heavy atom. The summed E-state index contributed by atoms with van der Waals surface area (Å²) in [6.07, 6.45) is 0. The summed E-state index contributed by atoms with van der Waals surface area (Å²) in [5.74, 6) is -1.60. The molecule has 0 radical (unpaired) electrons. The second kappa shape index (κ2) is 9.32. The first-order valence-corrected chi connectivity index (χ1v) is 11.1. The van der Waals surface area contributed by atoms with E-state index in [4.69, 9.17) is 34.8 Å². The van der Waals surface area contributed by atoms with Gasteiger partial charge in [0.2, 0.25) is 10.0 Å². The van der Waals surface area contributed by atoms with Crippen LogP contribution >= 0.6 is 34.8 Å². The van der Waals surface area contributed by atoms with Gasteiger partial charge < -0.3 is 5.32 Å². The predicted octanol–water partition coefficient (Wildman–Crippen LogP) is 5.52. The van der Waals surface area contributed by atoms with Gasteiger partial charge in [-0.25, -0.2) is 17.5 Å². The maximum Gasteiger partial charge on any atom is 0.255 e. The number of anilines is 1. The summed E-state index contributed by atoms with van der Waals surface area (Å²) >= 11 is 17.6. The highest BCUT2D eigenvalue weighted by Crippen LogP contribution is 2.23. The van der Waals surface area contributed by atoms with Gasteiger partial charge in [0.15, 0.2) is 0 Å². The average Bonchev–Trinajstić information content (AvgIpc) is 2.69. The maximum atomic E-state index is 14.2. The number of amides is 1. The average molecular weight is 488 g/mol. The Balaban J connectivity index is 1.80. The molecule has 3 rings (SSSR count). The van der Waals surface area contributed by atoms with E-state index in [1.807, 2.05) is 0 Å². The van der Waals surface area contributed by atoms with Crippen molar-refractivity contribution in [2.45, 2.75) is 11.4 Å². The monoisotopic (exact) mass is 486 g/mol. The lowest BCUT2D eigenvalue weighted by atomic mass is 10.2. The van der Waals surface area contributed by atoms with Gasteiger partial charge in [0.25, 0.3) is 5.91 Å². The summed E-state index contributed by atoms with van der Waals surface area (Å²) in [6, 6.07) is 14.1. The van der Waals surface area contributed by atoms with Crippen LogP contribution < -0.4 is 10.0 Å². The molecule has 0 spiro atoms. The fourth-order valence-electron chi connectivity index (χ4n) is 2.53. The second-order valence-electron chi connectivity index (χ2n) is 6.18. The van der Waals surface area contributed by atoms with Gasteiger partial charge in [-0.2, -0.15) is 0 Å². The van der Waals surface area contributed by atoms with Crippen LogP contribution in [0.5, 0.6) is 0 Å². The number of halogens is 4. The molecule has 0 aliphatic heterocycles. The van der Waals surface area contributed by atoms with Crippen LogP contribution in [-0.2, 0) is 16.6 Å². The molecular weight excluding hydrogens is 474 g/mol. The fourth-order valence-corrected chi connectivity index (χ4v) is 4.16. The zero-order valence-electron chi connectivity index (χ0n) is 15.1. The van der Waals surface area contributed by atoms with Gasteiger partial charge in [-0.3, -0.25) is 4.79 Å². The van der Waals surface area contributed by atoms with Gasteiger partial charge in [0, 0.05) is 22.8 Å². The van der Waals surface area contributed by atoms with Crippen molar-refractivity contribution in [3.63, 3.8) is 0 Å². The fraction of sp³-hybridized carbons (Fsp3) is 0.0500. The molecule has 0 saturated heterocycles. The van der Waals surface area contributed by atoms with Gasteiger partial charge in [-0.05, 0) is 54.1 Å². The Kier molecular flexibility index (Phi) is 7.00. The van der Waals surface area contributed by atoms with E-state index in [-0.39, 0.29) is 17.1 Å². The Morgan fingerprint density at radius 2 is 1.70 bits per heavy atom. The summed E-state index contributed by atoms with van der Waals surface area (Å²) in [4.78, 5) is 11.8. The minimum Gasteiger partial charge on any atom is -0.322 e. The SMILES string of the molecule is O=C(Nc1cccc(Cl)c1)c1ccc(F)c(S(=O)(=O)NCc2ccc(Cl)c(Cl)c2)c1. The van der Waals surface area contributed by atoms with Crippen molar-refractivity contribution in [3.05, 3.63) is 92.7 Å². The largest absolute Gasteiger partial charge is 0.322 e. The van der Waals surface area contributed by atoms with Crippen LogP contribution in [-0.4, -0.2) is 14.3 Å². The molecule has 0 aliphatic rings. The smallest absolute Gasteiger partial charge is 0.255 e. The predicted molar refractivity (Wildman–Crippen MR) is 116 cm³/mol. The highest BCUT2D eigenvalue weighted by Gasteiger charge is 2.21. The molecule has 0 fully saturated rings. The minimum absolute atomic E-state index is 0.0358. The van der Waals surface area contributed by atoms with Crippen LogP contribution in [0.4, 0.5) is 10.1 Å². The van der Waals surface area contributed by atoms with Crippen LogP contribution in [0.25, 0.3) is 0 Å². The molecule has 0 aliphatic carbocycles. The lowest BCUT2D eigenvalue weighted by Crippen LogP contribution is -2.25. The van der Waals surface area contributed by atoms with Gasteiger partial charge >= 0.3 is 0 Å². The molecule has 156 valence electrons. The minimum atomic E-state index is -4.25. The number of carbonyl (C=O) groups is 1. The number of benzene rings is 3. The molecule has 10 heteroatoms. The quantitative estimate of drug-likeness (QED) is 0.481. The van der Waals surface area contributed by atoms with E-state index in [0.29, 0.717) is 21.3 Å². The van der Waals surface area contributed by atoms with E-state index in [1.165, 1.54) is 24.3 Å². The standard InChI is InChI=1S/C20H14Cl3FN2O3S/c21-14-2-1-3-15(10-14)26-20(27)13-5-7-18(24)19(9-13)30(28,29)25-11-12-4-6-16(22)17(23)8-12/h1-10,25H,11H2,(H,26,27). The van der Waals surface area contributed by atoms with Crippen molar-refractivity contribution in [1.82, 2.24) is 4.72 Å². The van der Waals surface area contributed by atoms with Gasteiger partial charge in [0.05, 0.1) is 10.0 Å². The third-order valence-corrected chi connectivity index (χ3v) is 6.41. The van der Waals surface area contributed by atoms with Crippen LogP contribution in [0.15, 0.2) is 65.6 Å². The Hall–Kier alpha value is -2.16. The first-order valence-electron chi connectivity index (χ1n) is 8.46. The second-order valence-corrected chi connectivity index (χ2v) is 9.17. The molecule has 5 nitrogen and oxygen atoms in total. The van der Waals surface area contributed by atoms with Crippen LogP contribution in [0.2, 0.25) is 15.1 Å². The van der Waals surface area contributed by atoms with Crippen molar-refractivity contribution in [2.24, 2.45) is 0 Å². The topological polar surface area (TPSA) is 75.3 Å². The zero-order valence-corrected chi connectivity index (χ0v) is 18.2.